The highest BCUT2D eigenvalue weighted by Gasteiger charge is 2.34. The largest absolute Gasteiger partial charge is 0.418 e. The van der Waals surface area contributed by atoms with Crippen molar-refractivity contribution in [2.75, 3.05) is 10.6 Å². The first kappa shape index (κ1) is 33.9. The minimum absolute atomic E-state index is 0.0998. The highest BCUT2D eigenvalue weighted by Crippen LogP contribution is 2.37. The molecule has 1 unspecified atom stereocenters. The molecule has 1 atom stereocenters. The SMILES string of the molecule is CC(Sc1ccc(NC(=O)/C(=C/c2cccc(Cl)c2Cl)NC(=O)c2ccccc2)cc1)C(=O)Nc1ccc(Cl)cc1C(F)(F)F. The number of carbonyl (C=O) groups is 3. The Morgan fingerprint density at radius 2 is 1.53 bits per heavy atom. The van der Waals surface area contributed by atoms with Crippen molar-refractivity contribution in [2.24, 2.45) is 0 Å². The van der Waals surface area contributed by atoms with Crippen LogP contribution in [0.4, 0.5) is 24.5 Å². The van der Waals surface area contributed by atoms with E-state index in [4.69, 9.17) is 34.8 Å². The van der Waals surface area contributed by atoms with Crippen LogP contribution >= 0.6 is 46.6 Å². The monoisotopic (exact) mass is 691 g/mol. The van der Waals surface area contributed by atoms with Crippen molar-refractivity contribution in [3.63, 3.8) is 0 Å². The van der Waals surface area contributed by atoms with Gasteiger partial charge in [0.2, 0.25) is 5.91 Å². The molecule has 3 N–H and O–H groups in total. The molecule has 0 spiro atoms. The van der Waals surface area contributed by atoms with Crippen molar-refractivity contribution in [1.29, 1.82) is 0 Å². The smallest absolute Gasteiger partial charge is 0.325 e. The molecule has 4 aromatic rings. The van der Waals surface area contributed by atoms with Crippen molar-refractivity contribution in [2.45, 2.75) is 23.2 Å². The van der Waals surface area contributed by atoms with Crippen LogP contribution in [-0.2, 0) is 15.8 Å². The van der Waals surface area contributed by atoms with Crippen LogP contribution in [0.15, 0.2) is 102 Å². The van der Waals surface area contributed by atoms with Gasteiger partial charge in [-0.25, -0.2) is 0 Å². The lowest BCUT2D eigenvalue weighted by atomic mass is 10.1. The van der Waals surface area contributed by atoms with Gasteiger partial charge in [0.1, 0.15) is 5.70 Å². The van der Waals surface area contributed by atoms with E-state index in [1.54, 1.807) is 79.7 Å². The lowest BCUT2D eigenvalue weighted by Gasteiger charge is -2.17. The number of benzene rings is 4. The molecule has 0 saturated heterocycles. The van der Waals surface area contributed by atoms with Gasteiger partial charge in [0.15, 0.2) is 0 Å². The number of alkyl halides is 3. The van der Waals surface area contributed by atoms with E-state index >= 15 is 0 Å². The second-order valence-electron chi connectivity index (χ2n) is 9.44. The summed E-state index contributed by atoms with van der Waals surface area (Å²) < 4.78 is 40.2. The summed E-state index contributed by atoms with van der Waals surface area (Å²) in [6.07, 6.45) is -3.30. The molecule has 0 radical (unpaired) electrons. The van der Waals surface area contributed by atoms with Crippen molar-refractivity contribution in [1.82, 2.24) is 5.32 Å². The van der Waals surface area contributed by atoms with E-state index in [2.05, 4.69) is 16.0 Å². The molecule has 232 valence electrons. The summed E-state index contributed by atoms with van der Waals surface area (Å²) in [5.74, 6) is -1.81. The zero-order valence-corrected chi connectivity index (χ0v) is 26.3. The highest BCUT2D eigenvalue weighted by atomic mass is 35.5. The number of anilines is 2. The first-order valence-electron chi connectivity index (χ1n) is 13.1. The molecule has 0 fully saturated rings. The van der Waals surface area contributed by atoms with Crippen molar-refractivity contribution < 1.29 is 27.6 Å². The van der Waals surface area contributed by atoms with Gasteiger partial charge in [-0.1, -0.05) is 65.1 Å². The maximum absolute atomic E-state index is 13.4. The van der Waals surface area contributed by atoms with Crippen LogP contribution in [0.1, 0.15) is 28.4 Å². The summed E-state index contributed by atoms with van der Waals surface area (Å²) in [5.41, 5.74) is -0.440. The Morgan fingerprint density at radius 1 is 0.844 bits per heavy atom. The van der Waals surface area contributed by atoms with Crippen LogP contribution in [0.3, 0.4) is 0 Å². The van der Waals surface area contributed by atoms with Gasteiger partial charge < -0.3 is 16.0 Å². The van der Waals surface area contributed by atoms with E-state index in [9.17, 15) is 27.6 Å². The van der Waals surface area contributed by atoms with E-state index < -0.39 is 40.4 Å². The Labute approximate surface area is 275 Å². The molecular weight excluding hydrogens is 670 g/mol. The Kier molecular flexibility index (Phi) is 11.2. The number of hydrogen-bond acceptors (Lipinski definition) is 4. The van der Waals surface area contributed by atoms with Crippen LogP contribution in [-0.4, -0.2) is 23.0 Å². The number of halogens is 6. The quantitative estimate of drug-likeness (QED) is 0.121. The van der Waals surface area contributed by atoms with Crippen LogP contribution in [0, 0.1) is 0 Å². The Balaban J connectivity index is 1.46. The minimum atomic E-state index is -4.70. The normalized spacial score (nSPS) is 12.3. The van der Waals surface area contributed by atoms with Gasteiger partial charge in [-0.2, -0.15) is 13.2 Å². The summed E-state index contributed by atoms with van der Waals surface area (Å²) in [6.45, 7) is 1.55. The number of carbonyl (C=O) groups excluding carboxylic acids is 3. The Hall–Kier alpha value is -3.96. The second-order valence-corrected chi connectivity index (χ2v) is 12.1. The predicted molar refractivity (Wildman–Crippen MR) is 174 cm³/mol. The van der Waals surface area contributed by atoms with E-state index in [0.29, 0.717) is 21.7 Å². The van der Waals surface area contributed by atoms with Gasteiger partial charge in [0, 0.05) is 21.2 Å². The Bertz CT molecular complexity index is 1750. The van der Waals surface area contributed by atoms with Crippen LogP contribution in [0.25, 0.3) is 6.08 Å². The number of hydrogen-bond donors (Lipinski definition) is 3. The van der Waals surface area contributed by atoms with Crippen molar-refractivity contribution in [3.8, 4) is 0 Å². The van der Waals surface area contributed by atoms with Crippen molar-refractivity contribution in [3.05, 3.63) is 128 Å². The van der Waals surface area contributed by atoms with Gasteiger partial charge in [0.05, 0.1) is 26.5 Å². The molecule has 0 saturated carbocycles. The fraction of sp³-hybridized carbons (Fsp3) is 0.0938. The topological polar surface area (TPSA) is 87.3 Å². The average molecular weight is 693 g/mol. The summed E-state index contributed by atoms with van der Waals surface area (Å²) in [6, 6.07) is 22.7. The van der Waals surface area contributed by atoms with Gasteiger partial charge in [0.25, 0.3) is 11.8 Å². The number of amides is 3. The molecular formula is C32H23Cl3F3N3O3S. The molecule has 0 aliphatic rings. The molecule has 45 heavy (non-hydrogen) atoms. The van der Waals surface area contributed by atoms with Crippen LogP contribution < -0.4 is 16.0 Å². The van der Waals surface area contributed by atoms with Gasteiger partial charge >= 0.3 is 6.18 Å². The zero-order chi connectivity index (χ0) is 32.7. The van der Waals surface area contributed by atoms with E-state index in [1.165, 1.54) is 12.1 Å². The lowest BCUT2D eigenvalue weighted by Crippen LogP contribution is -2.30. The number of nitrogens with one attached hydrogen (secondary N) is 3. The molecule has 0 aliphatic heterocycles. The molecule has 6 nitrogen and oxygen atoms in total. The third kappa shape index (κ3) is 9.27. The first-order valence-corrected chi connectivity index (χ1v) is 15.1. The molecule has 4 rings (SSSR count). The molecule has 0 aliphatic carbocycles. The number of rotatable bonds is 9. The highest BCUT2D eigenvalue weighted by molar-refractivity contribution is 8.00. The van der Waals surface area contributed by atoms with Crippen LogP contribution in [0.5, 0.6) is 0 Å². The van der Waals surface area contributed by atoms with E-state index in [0.717, 1.165) is 23.9 Å². The summed E-state index contributed by atoms with van der Waals surface area (Å²) in [7, 11) is 0. The molecule has 3 amide bonds. The van der Waals surface area contributed by atoms with E-state index in [-0.39, 0.29) is 20.8 Å². The second kappa shape index (κ2) is 14.9. The minimum Gasteiger partial charge on any atom is -0.325 e. The molecule has 0 heterocycles. The summed E-state index contributed by atoms with van der Waals surface area (Å²) in [5, 5.41) is 7.23. The first-order chi connectivity index (χ1) is 21.3. The molecule has 13 heteroatoms. The molecule has 0 bridgehead atoms. The fourth-order valence-electron chi connectivity index (χ4n) is 3.90. The Morgan fingerprint density at radius 3 is 2.20 bits per heavy atom. The van der Waals surface area contributed by atoms with Gasteiger partial charge in [-0.3, -0.25) is 14.4 Å². The summed E-state index contributed by atoms with van der Waals surface area (Å²) >= 11 is 19.2. The maximum Gasteiger partial charge on any atom is 0.418 e. The standard InChI is InChI=1S/C32H23Cl3F3N3O3S/c1-18(29(42)40-26-15-10-21(33)17-24(26)32(36,37)38)45-23-13-11-22(12-14-23)39-31(44)27(16-20-8-5-9-25(34)28(20)35)41-30(43)19-6-3-2-4-7-19/h2-18H,1H3,(H,39,44)(H,40,42)(H,41,43)/b27-16-. The number of thioether (sulfide) groups is 1. The predicted octanol–water partition coefficient (Wildman–Crippen LogP) is 9.19. The lowest BCUT2D eigenvalue weighted by molar-refractivity contribution is -0.137. The third-order valence-electron chi connectivity index (χ3n) is 6.15. The van der Waals surface area contributed by atoms with E-state index in [1.807, 2.05) is 0 Å². The average Bonchev–Trinajstić information content (AvgIpc) is 3.00. The van der Waals surface area contributed by atoms with Crippen LogP contribution in [0.2, 0.25) is 15.1 Å². The fourth-order valence-corrected chi connectivity index (χ4v) is 5.30. The summed E-state index contributed by atoms with van der Waals surface area (Å²) in [4.78, 5) is 39.5. The van der Waals surface area contributed by atoms with Gasteiger partial charge in [-0.15, -0.1) is 11.8 Å². The zero-order valence-electron chi connectivity index (χ0n) is 23.2. The van der Waals surface area contributed by atoms with Crippen molar-refractivity contribution >= 4 is 81.7 Å². The maximum atomic E-state index is 13.4. The third-order valence-corrected chi connectivity index (χ3v) is 8.33. The van der Waals surface area contributed by atoms with Gasteiger partial charge in [-0.05, 0) is 79.2 Å². The molecule has 4 aromatic carbocycles. The molecule has 0 aromatic heterocycles.